The molecule has 0 spiro atoms. The van der Waals surface area contributed by atoms with Crippen LogP contribution in [0.4, 0.5) is 10.5 Å². The Morgan fingerprint density at radius 1 is 1.40 bits per heavy atom. The zero-order valence-electron chi connectivity index (χ0n) is 9.10. The summed E-state index contributed by atoms with van der Waals surface area (Å²) < 4.78 is 0. The van der Waals surface area contributed by atoms with E-state index in [0.29, 0.717) is 12.5 Å². The first-order chi connectivity index (χ1) is 7.06. The van der Waals surface area contributed by atoms with Crippen molar-refractivity contribution in [1.29, 1.82) is 0 Å². The maximum atomic E-state index is 10.9. The second kappa shape index (κ2) is 4.79. The van der Waals surface area contributed by atoms with Gasteiger partial charge in [-0.1, -0.05) is 19.1 Å². The van der Waals surface area contributed by atoms with Gasteiger partial charge in [0.25, 0.3) is 0 Å². The molecule has 0 fully saturated rings. The molecule has 0 aliphatic rings. The molecule has 0 bridgehead atoms. The van der Waals surface area contributed by atoms with Crippen LogP contribution in [-0.4, -0.2) is 19.6 Å². The first-order valence-electron chi connectivity index (χ1n) is 4.89. The summed E-state index contributed by atoms with van der Waals surface area (Å²) in [7, 11) is 1.64. The monoisotopic (exact) mass is 207 g/mol. The average Bonchev–Trinajstić information content (AvgIpc) is 2.27. The lowest BCUT2D eigenvalue weighted by molar-refractivity contribution is 0.255. The van der Waals surface area contributed by atoms with Crippen molar-refractivity contribution in [3.8, 4) is 0 Å². The molecule has 4 heteroatoms. The van der Waals surface area contributed by atoms with Crippen LogP contribution in [0.2, 0.25) is 0 Å². The van der Waals surface area contributed by atoms with Crippen molar-refractivity contribution >= 4 is 11.7 Å². The van der Waals surface area contributed by atoms with Gasteiger partial charge in [-0.2, -0.15) is 0 Å². The lowest BCUT2D eigenvalue weighted by atomic mass is 10.0. The van der Waals surface area contributed by atoms with E-state index in [2.05, 4.69) is 6.92 Å². The van der Waals surface area contributed by atoms with Gasteiger partial charge < -0.3 is 11.5 Å². The fraction of sp³-hybridized carbons (Fsp3) is 0.364. The maximum absolute atomic E-state index is 10.9. The van der Waals surface area contributed by atoms with E-state index in [1.807, 2.05) is 24.3 Å². The Morgan fingerprint density at radius 2 is 1.93 bits per heavy atom. The van der Waals surface area contributed by atoms with Gasteiger partial charge in [0.15, 0.2) is 0 Å². The van der Waals surface area contributed by atoms with E-state index in [0.717, 1.165) is 5.69 Å². The van der Waals surface area contributed by atoms with Gasteiger partial charge in [0.1, 0.15) is 0 Å². The highest BCUT2D eigenvalue weighted by atomic mass is 16.2. The van der Waals surface area contributed by atoms with Crippen molar-refractivity contribution < 1.29 is 4.79 Å². The predicted molar refractivity (Wildman–Crippen MR) is 61.9 cm³/mol. The molecule has 0 aliphatic carbocycles. The van der Waals surface area contributed by atoms with E-state index in [-0.39, 0.29) is 0 Å². The number of primary amides is 1. The highest BCUT2D eigenvalue weighted by Crippen LogP contribution is 2.18. The van der Waals surface area contributed by atoms with Crippen molar-refractivity contribution in [3.63, 3.8) is 0 Å². The smallest absolute Gasteiger partial charge is 0.318 e. The van der Waals surface area contributed by atoms with Crippen LogP contribution in [0.1, 0.15) is 18.4 Å². The Labute approximate surface area is 89.9 Å². The second-order valence-corrected chi connectivity index (χ2v) is 3.63. The third-order valence-corrected chi connectivity index (χ3v) is 2.53. The van der Waals surface area contributed by atoms with Gasteiger partial charge in [-0.3, -0.25) is 4.90 Å². The molecule has 0 aromatic heterocycles. The van der Waals surface area contributed by atoms with Gasteiger partial charge in [-0.15, -0.1) is 0 Å². The number of anilines is 1. The quantitative estimate of drug-likeness (QED) is 0.783. The van der Waals surface area contributed by atoms with Crippen LogP contribution in [0.15, 0.2) is 24.3 Å². The summed E-state index contributed by atoms with van der Waals surface area (Å²) in [6, 6.07) is 7.20. The number of benzene rings is 1. The molecule has 1 rings (SSSR count). The summed E-state index contributed by atoms with van der Waals surface area (Å²) in [6.07, 6.45) is 0. The molecule has 0 saturated carbocycles. The van der Waals surface area contributed by atoms with Crippen LogP contribution in [-0.2, 0) is 0 Å². The molecule has 1 aromatic carbocycles. The lowest BCUT2D eigenvalue weighted by Gasteiger charge is -2.15. The van der Waals surface area contributed by atoms with Gasteiger partial charge in [0.2, 0.25) is 0 Å². The zero-order chi connectivity index (χ0) is 11.4. The van der Waals surface area contributed by atoms with E-state index < -0.39 is 6.03 Å². The van der Waals surface area contributed by atoms with Gasteiger partial charge in [0.05, 0.1) is 0 Å². The number of amides is 2. The summed E-state index contributed by atoms with van der Waals surface area (Å²) in [4.78, 5) is 12.3. The topological polar surface area (TPSA) is 72.3 Å². The number of carbonyl (C=O) groups excluding carboxylic acids is 1. The highest BCUT2D eigenvalue weighted by molar-refractivity contribution is 5.89. The molecule has 1 unspecified atom stereocenters. The highest BCUT2D eigenvalue weighted by Gasteiger charge is 2.07. The van der Waals surface area contributed by atoms with Gasteiger partial charge in [0, 0.05) is 12.7 Å². The van der Waals surface area contributed by atoms with E-state index in [9.17, 15) is 4.79 Å². The molecule has 1 aromatic rings. The average molecular weight is 207 g/mol. The van der Waals surface area contributed by atoms with Gasteiger partial charge in [-0.25, -0.2) is 4.79 Å². The number of rotatable bonds is 3. The van der Waals surface area contributed by atoms with E-state index >= 15 is 0 Å². The van der Waals surface area contributed by atoms with Crippen LogP contribution in [0.5, 0.6) is 0 Å². The fourth-order valence-corrected chi connectivity index (χ4v) is 1.29. The lowest BCUT2D eigenvalue weighted by Crippen LogP contribution is -2.31. The van der Waals surface area contributed by atoms with Gasteiger partial charge >= 0.3 is 6.03 Å². The molecule has 0 saturated heterocycles. The van der Waals surface area contributed by atoms with Crippen LogP contribution < -0.4 is 16.4 Å². The molecular formula is C11H17N3O. The van der Waals surface area contributed by atoms with E-state index in [4.69, 9.17) is 11.5 Å². The van der Waals surface area contributed by atoms with Crippen molar-refractivity contribution in [1.82, 2.24) is 0 Å². The van der Waals surface area contributed by atoms with E-state index in [1.54, 1.807) is 7.05 Å². The molecule has 1 atom stereocenters. The molecular weight excluding hydrogens is 190 g/mol. The summed E-state index contributed by atoms with van der Waals surface area (Å²) >= 11 is 0. The summed E-state index contributed by atoms with van der Waals surface area (Å²) in [5.74, 6) is 0.331. The molecule has 4 N–H and O–H groups in total. The minimum atomic E-state index is -0.463. The molecule has 0 aliphatic heterocycles. The van der Waals surface area contributed by atoms with Crippen molar-refractivity contribution in [2.24, 2.45) is 11.5 Å². The summed E-state index contributed by atoms with van der Waals surface area (Å²) in [5, 5.41) is 0. The third kappa shape index (κ3) is 2.70. The largest absolute Gasteiger partial charge is 0.351 e. The van der Waals surface area contributed by atoms with Crippen molar-refractivity contribution in [2.75, 3.05) is 18.5 Å². The van der Waals surface area contributed by atoms with Crippen LogP contribution in [0, 0.1) is 0 Å². The third-order valence-electron chi connectivity index (χ3n) is 2.53. The Bertz CT molecular complexity index is 334. The molecule has 15 heavy (non-hydrogen) atoms. The molecule has 82 valence electrons. The zero-order valence-corrected chi connectivity index (χ0v) is 9.10. The molecule has 2 amide bonds. The van der Waals surface area contributed by atoms with E-state index in [1.165, 1.54) is 10.5 Å². The standard InChI is InChI=1S/C11H17N3O/c1-8(7-12)9-3-5-10(6-4-9)14(2)11(13)15/h3-6,8H,7,12H2,1-2H3,(H2,13,15). The van der Waals surface area contributed by atoms with Crippen LogP contribution in [0.3, 0.4) is 0 Å². The second-order valence-electron chi connectivity index (χ2n) is 3.63. The predicted octanol–water partition coefficient (Wildman–Crippen LogP) is 1.26. The fourth-order valence-electron chi connectivity index (χ4n) is 1.29. The van der Waals surface area contributed by atoms with Crippen LogP contribution >= 0.6 is 0 Å². The minimum absolute atomic E-state index is 0.331. The first-order valence-corrected chi connectivity index (χ1v) is 4.89. The Morgan fingerprint density at radius 3 is 2.33 bits per heavy atom. The molecule has 0 heterocycles. The molecule has 0 radical (unpaired) electrons. The van der Waals surface area contributed by atoms with Gasteiger partial charge in [-0.05, 0) is 30.2 Å². The Hall–Kier alpha value is -1.55. The van der Waals surface area contributed by atoms with Crippen molar-refractivity contribution in [2.45, 2.75) is 12.8 Å². The number of hydrogen-bond acceptors (Lipinski definition) is 2. The maximum Gasteiger partial charge on any atom is 0.318 e. The number of nitrogens with zero attached hydrogens (tertiary/aromatic N) is 1. The number of nitrogens with two attached hydrogens (primary N) is 2. The first kappa shape index (κ1) is 11.5. The molecule has 4 nitrogen and oxygen atoms in total. The van der Waals surface area contributed by atoms with Crippen molar-refractivity contribution in [3.05, 3.63) is 29.8 Å². The minimum Gasteiger partial charge on any atom is -0.351 e. The Balaban J connectivity index is 2.85. The number of carbonyl (C=O) groups is 1. The Kier molecular flexibility index (Phi) is 3.68. The van der Waals surface area contributed by atoms with Crippen LogP contribution in [0.25, 0.3) is 0 Å². The number of hydrogen-bond donors (Lipinski definition) is 2. The summed E-state index contributed by atoms with van der Waals surface area (Å²) in [5.41, 5.74) is 12.7. The summed E-state index contributed by atoms with van der Waals surface area (Å²) in [6.45, 7) is 2.68. The SMILES string of the molecule is CC(CN)c1ccc(N(C)C(N)=O)cc1. The normalized spacial score (nSPS) is 12.2. The number of urea groups is 1.